The van der Waals surface area contributed by atoms with Crippen LogP contribution in [0.5, 0.6) is 0 Å². The Hall–Kier alpha value is -0.570. The van der Waals surface area contributed by atoms with E-state index in [1.165, 1.54) is 12.8 Å². The average molecular weight is 227 g/mol. The summed E-state index contributed by atoms with van der Waals surface area (Å²) in [6.07, 6.45) is 7.38. The van der Waals surface area contributed by atoms with Gasteiger partial charge in [0.05, 0.1) is 0 Å². The van der Waals surface area contributed by atoms with E-state index in [0.717, 1.165) is 38.6 Å². The van der Waals surface area contributed by atoms with Crippen molar-refractivity contribution in [1.29, 1.82) is 0 Å². The molecule has 0 aromatic rings. The van der Waals surface area contributed by atoms with Crippen molar-refractivity contribution in [2.24, 2.45) is 11.8 Å². The first-order valence-corrected chi connectivity index (χ1v) is 6.66. The average Bonchev–Trinajstić information content (AvgIpc) is 2.34. The van der Waals surface area contributed by atoms with E-state index in [0.29, 0.717) is 5.92 Å². The fraction of sp³-hybridized carbons (Fsp3) is 0.923. The van der Waals surface area contributed by atoms with Gasteiger partial charge in [0.1, 0.15) is 0 Å². The minimum Gasteiger partial charge on any atom is -0.396 e. The van der Waals surface area contributed by atoms with Gasteiger partial charge in [0, 0.05) is 19.1 Å². The molecule has 0 atom stereocenters. The number of aliphatic hydroxyl groups excluding tert-OH is 1. The summed E-state index contributed by atoms with van der Waals surface area (Å²) >= 11 is 0. The normalized spacial score (nSPS) is 25.4. The number of nitrogens with one attached hydrogen (secondary N) is 1. The smallest absolute Gasteiger partial charge is 0.223 e. The van der Waals surface area contributed by atoms with Gasteiger partial charge in [0.15, 0.2) is 0 Å². The lowest BCUT2D eigenvalue weighted by Crippen LogP contribution is -2.34. The van der Waals surface area contributed by atoms with Crippen LogP contribution in [-0.2, 0) is 4.79 Å². The summed E-state index contributed by atoms with van der Waals surface area (Å²) in [4.78, 5) is 11.8. The molecule has 0 heterocycles. The second-order valence-corrected chi connectivity index (χ2v) is 4.90. The first-order valence-electron chi connectivity index (χ1n) is 6.66. The third kappa shape index (κ3) is 4.52. The minimum absolute atomic E-state index is 0.199. The van der Waals surface area contributed by atoms with Crippen molar-refractivity contribution in [1.82, 2.24) is 5.32 Å². The molecule has 1 aliphatic carbocycles. The maximum Gasteiger partial charge on any atom is 0.223 e. The fourth-order valence-corrected chi connectivity index (χ4v) is 2.34. The summed E-state index contributed by atoms with van der Waals surface area (Å²) in [7, 11) is 0. The Balaban J connectivity index is 2.13. The standard InChI is InChI=1S/C13H25NO2/c1-2-3-4-9-14-13(16)12-7-5-11(10-15)6-8-12/h11-12,15H,2-10H2,1H3,(H,14,16). The molecule has 0 aromatic carbocycles. The van der Waals surface area contributed by atoms with Gasteiger partial charge in [-0.2, -0.15) is 0 Å². The highest BCUT2D eigenvalue weighted by molar-refractivity contribution is 5.78. The topological polar surface area (TPSA) is 49.3 Å². The largest absolute Gasteiger partial charge is 0.396 e. The molecular formula is C13H25NO2. The van der Waals surface area contributed by atoms with Crippen LogP contribution in [0.4, 0.5) is 0 Å². The third-order valence-electron chi connectivity index (χ3n) is 3.56. The number of carbonyl (C=O) groups is 1. The molecule has 3 nitrogen and oxygen atoms in total. The second kappa shape index (κ2) is 7.66. The van der Waals surface area contributed by atoms with Crippen LogP contribution >= 0.6 is 0 Å². The molecule has 0 aromatic heterocycles. The molecule has 94 valence electrons. The molecule has 1 aliphatic rings. The molecule has 0 bridgehead atoms. The molecule has 1 rings (SSSR count). The lowest BCUT2D eigenvalue weighted by Gasteiger charge is -2.26. The van der Waals surface area contributed by atoms with E-state index in [4.69, 9.17) is 5.11 Å². The predicted octanol–water partition coefficient (Wildman–Crippen LogP) is 2.09. The van der Waals surface area contributed by atoms with Gasteiger partial charge in [-0.25, -0.2) is 0 Å². The van der Waals surface area contributed by atoms with Crippen LogP contribution in [0, 0.1) is 11.8 Å². The summed E-state index contributed by atoms with van der Waals surface area (Å²) in [5, 5.41) is 12.0. The zero-order chi connectivity index (χ0) is 11.8. The zero-order valence-electron chi connectivity index (χ0n) is 10.4. The molecule has 0 unspecified atom stereocenters. The highest BCUT2D eigenvalue weighted by Gasteiger charge is 2.25. The molecule has 2 N–H and O–H groups in total. The summed E-state index contributed by atoms with van der Waals surface area (Å²) in [6, 6.07) is 0. The van der Waals surface area contributed by atoms with Gasteiger partial charge >= 0.3 is 0 Å². The number of rotatable bonds is 6. The highest BCUT2D eigenvalue weighted by Crippen LogP contribution is 2.28. The number of hydrogen-bond acceptors (Lipinski definition) is 2. The Morgan fingerprint density at radius 2 is 1.94 bits per heavy atom. The van der Waals surface area contributed by atoms with E-state index in [-0.39, 0.29) is 18.4 Å². The van der Waals surface area contributed by atoms with Gasteiger partial charge in [0.2, 0.25) is 5.91 Å². The second-order valence-electron chi connectivity index (χ2n) is 4.90. The van der Waals surface area contributed by atoms with Gasteiger partial charge in [0.25, 0.3) is 0 Å². The number of hydrogen-bond donors (Lipinski definition) is 2. The van der Waals surface area contributed by atoms with Crippen molar-refractivity contribution in [3.63, 3.8) is 0 Å². The maximum atomic E-state index is 11.8. The van der Waals surface area contributed by atoms with Gasteiger partial charge in [-0.05, 0) is 38.0 Å². The molecule has 0 radical (unpaired) electrons. The molecule has 16 heavy (non-hydrogen) atoms. The van der Waals surface area contributed by atoms with E-state index >= 15 is 0 Å². The predicted molar refractivity (Wildman–Crippen MR) is 65.1 cm³/mol. The third-order valence-corrected chi connectivity index (χ3v) is 3.56. The minimum atomic E-state index is 0.199. The van der Waals surface area contributed by atoms with Gasteiger partial charge in [-0.1, -0.05) is 19.8 Å². The molecule has 1 fully saturated rings. The van der Waals surface area contributed by atoms with Crippen LogP contribution in [-0.4, -0.2) is 24.2 Å². The Kier molecular flexibility index (Phi) is 6.46. The zero-order valence-corrected chi connectivity index (χ0v) is 10.4. The van der Waals surface area contributed by atoms with Gasteiger partial charge < -0.3 is 10.4 Å². The number of amides is 1. The van der Waals surface area contributed by atoms with E-state index < -0.39 is 0 Å². The van der Waals surface area contributed by atoms with E-state index in [2.05, 4.69) is 12.2 Å². The molecule has 0 spiro atoms. The number of unbranched alkanes of at least 4 members (excludes halogenated alkanes) is 2. The van der Waals surface area contributed by atoms with E-state index in [9.17, 15) is 4.79 Å². The van der Waals surface area contributed by atoms with Crippen LogP contribution in [0.25, 0.3) is 0 Å². The Morgan fingerprint density at radius 3 is 2.50 bits per heavy atom. The van der Waals surface area contributed by atoms with Crippen LogP contribution < -0.4 is 5.32 Å². The molecular weight excluding hydrogens is 202 g/mol. The molecule has 0 saturated heterocycles. The molecule has 3 heteroatoms. The van der Waals surface area contributed by atoms with Crippen molar-refractivity contribution < 1.29 is 9.90 Å². The quantitative estimate of drug-likeness (QED) is 0.683. The lowest BCUT2D eigenvalue weighted by molar-refractivity contribution is -0.126. The summed E-state index contributed by atoms with van der Waals surface area (Å²) in [5.74, 6) is 0.862. The van der Waals surface area contributed by atoms with Crippen LogP contribution in [0.15, 0.2) is 0 Å². The SMILES string of the molecule is CCCCCNC(=O)C1CCC(CO)CC1. The first kappa shape index (κ1) is 13.5. The molecule has 0 aliphatic heterocycles. The number of carbonyl (C=O) groups excluding carboxylic acids is 1. The van der Waals surface area contributed by atoms with Crippen molar-refractivity contribution in [3.8, 4) is 0 Å². The molecule has 1 amide bonds. The van der Waals surface area contributed by atoms with Crippen LogP contribution in [0.1, 0.15) is 51.9 Å². The number of aliphatic hydroxyl groups is 1. The summed E-state index contributed by atoms with van der Waals surface area (Å²) < 4.78 is 0. The fourth-order valence-electron chi connectivity index (χ4n) is 2.34. The Labute approximate surface area is 98.6 Å². The lowest BCUT2D eigenvalue weighted by atomic mass is 9.82. The van der Waals surface area contributed by atoms with Crippen molar-refractivity contribution in [3.05, 3.63) is 0 Å². The van der Waals surface area contributed by atoms with Crippen molar-refractivity contribution in [2.75, 3.05) is 13.2 Å². The van der Waals surface area contributed by atoms with Gasteiger partial charge in [-0.3, -0.25) is 4.79 Å². The van der Waals surface area contributed by atoms with E-state index in [1.54, 1.807) is 0 Å². The Morgan fingerprint density at radius 1 is 1.25 bits per heavy atom. The summed E-state index contributed by atoms with van der Waals surface area (Å²) in [5.41, 5.74) is 0. The van der Waals surface area contributed by atoms with E-state index in [1.807, 2.05) is 0 Å². The first-order chi connectivity index (χ1) is 7.77. The van der Waals surface area contributed by atoms with Crippen molar-refractivity contribution in [2.45, 2.75) is 51.9 Å². The monoisotopic (exact) mass is 227 g/mol. The van der Waals surface area contributed by atoms with Gasteiger partial charge in [-0.15, -0.1) is 0 Å². The maximum absolute atomic E-state index is 11.8. The highest BCUT2D eigenvalue weighted by atomic mass is 16.3. The van der Waals surface area contributed by atoms with Crippen molar-refractivity contribution >= 4 is 5.91 Å². The van der Waals surface area contributed by atoms with Crippen LogP contribution in [0.3, 0.4) is 0 Å². The van der Waals surface area contributed by atoms with Crippen LogP contribution in [0.2, 0.25) is 0 Å². The molecule has 1 saturated carbocycles. The Bertz CT molecular complexity index is 198. The summed E-state index contributed by atoms with van der Waals surface area (Å²) in [6.45, 7) is 3.27.